The summed E-state index contributed by atoms with van der Waals surface area (Å²) in [5.41, 5.74) is 5.61. The predicted molar refractivity (Wildman–Crippen MR) is 129 cm³/mol. The number of methoxy groups -OCH3 is 2. The number of halogens is 2. The molecule has 0 spiro atoms. The van der Waals surface area contributed by atoms with Crippen LogP contribution in [0.25, 0.3) is 21.5 Å². The first-order valence-corrected chi connectivity index (χ1v) is 11.5. The van der Waals surface area contributed by atoms with Gasteiger partial charge in [-0.15, -0.1) is 0 Å². The Labute approximate surface area is 191 Å². The largest absolute Gasteiger partial charge is 0.493 e. The molecular weight excluding hydrogens is 504 g/mol. The van der Waals surface area contributed by atoms with Crippen molar-refractivity contribution in [3.05, 3.63) is 91.9 Å². The fourth-order valence-electron chi connectivity index (χ4n) is 5.04. The third kappa shape index (κ3) is 2.53. The van der Waals surface area contributed by atoms with Crippen molar-refractivity contribution in [2.45, 2.75) is 11.8 Å². The number of allylic oxidation sites excluding steroid dienone is 2. The van der Waals surface area contributed by atoms with Gasteiger partial charge >= 0.3 is 0 Å². The lowest BCUT2D eigenvalue weighted by atomic mass is 9.67. The molecule has 0 fully saturated rings. The second kappa shape index (κ2) is 6.60. The molecule has 4 aromatic rings. The highest BCUT2D eigenvalue weighted by Crippen LogP contribution is 2.51. The Hall–Kier alpha value is -2.30. The van der Waals surface area contributed by atoms with Gasteiger partial charge in [0.2, 0.25) is 0 Å². The van der Waals surface area contributed by atoms with Crippen LogP contribution in [-0.4, -0.2) is 14.2 Å². The third-order valence-corrected chi connectivity index (χ3v) is 8.31. The maximum absolute atomic E-state index is 5.53. The molecule has 0 heterocycles. The molecule has 0 N–H and O–H groups in total. The highest BCUT2D eigenvalue weighted by molar-refractivity contribution is 9.13. The van der Waals surface area contributed by atoms with Crippen LogP contribution in [0.15, 0.2) is 69.6 Å². The molecule has 2 nitrogen and oxygen atoms in total. The number of fused-ring (bicyclic) bond motifs is 2. The molecule has 0 aromatic heterocycles. The van der Waals surface area contributed by atoms with E-state index in [9.17, 15) is 0 Å². The van der Waals surface area contributed by atoms with E-state index in [1.165, 1.54) is 43.8 Å². The lowest BCUT2D eigenvalue weighted by molar-refractivity contribution is 0.356. The molecule has 0 saturated carbocycles. The summed E-state index contributed by atoms with van der Waals surface area (Å²) in [5.74, 6) is 2.10. The Morgan fingerprint density at radius 1 is 0.533 bits per heavy atom. The monoisotopic (exact) mass is 520 g/mol. The van der Waals surface area contributed by atoms with E-state index in [1.807, 2.05) is 0 Å². The molecule has 2 atom stereocenters. The summed E-state index contributed by atoms with van der Waals surface area (Å²) in [5, 5.41) is 4.89. The average Bonchev–Trinajstić information content (AvgIpc) is 2.76. The molecule has 2 bridgehead atoms. The number of benzene rings is 4. The van der Waals surface area contributed by atoms with Crippen LogP contribution in [0, 0.1) is 0 Å². The van der Waals surface area contributed by atoms with Crippen LogP contribution in [0.4, 0.5) is 0 Å². The zero-order valence-corrected chi connectivity index (χ0v) is 19.7. The molecule has 148 valence electrons. The van der Waals surface area contributed by atoms with Gasteiger partial charge in [0.05, 0.1) is 14.2 Å². The molecule has 4 heteroatoms. The summed E-state index contributed by atoms with van der Waals surface area (Å²) >= 11 is 7.30. The fraction of sp³-hybridized carbons (Fsp3) is 0.154. The summed E-state index contributed by atoms with van der Waals surface area (Å²) in [6.07, 6.45) is 4.73. The van der Waals surface area contributed by atoms with E-state index in [1.54, 1.807) is 14.2 Å². The molecule has 3 aliphatic rings. The minimum Gasteiger partial charge on any atom is -0.493 e. The van der Waals surface area contributed by atoms with Crippen molar-refractivity contribution in [2.75, 3.05) is 14.2 Å². The van der Waals surface area contributed by atoms with Crippen LogP contribution in [0.1, 0.15) is 34.1 Å². The normalized spacial score (nSPS) is 18.5. The van der Waals surface area contributed by atoms with Crippen LogP contribution in [0.2, 0.25) is 0 Å². The molecular formula is C26H18Br2O2. The Morgan fingerprint density at radius 3 is 1.20 bits per heavy atom. The van der Waals surface area contributed by atoms with Crippen molar-refractivity contribution in [1.82, 2.24) is 0 Å². The topological polar surface area (TPSA) is 18.5 Å². The Balaban J connectivity index is 1.59. The van der Waals surface area contributed by atoms with Crippen LogP contribution in [-0.2, 0) is 0 Å². The molecule has 3 aliphatic carbocycles. The van der Waals surface area contributed by atoms with E-state index in [0.29, 0.717) is 0 Å². The molecule has 0 radical (unpaired) electrons. The molecule has 0 saturated heterocycles. The molecule has 30 heavy (non-hydrogen) atoms. The Morgan fingerprint density at radius 2 is 0.867 bits per heavy atom. The first-order valence-electron chi connectivity index (χ1n) is 9.88. The smallest absolute Gasteiger partial charge is 0.161 e. The summed E-state index contributed by atoms with van der Waals surface area (Å²) in [6, 6.07) is 18.0. The predicted octanol–water partition coefficient (Wildman–Crippen LogP) is 7.68. The van der Waals surface area contributed by atoms with Crippen molar-refractivity contribution >= 4 is 53.4 Å². The van der Waals surface area contributed by atoms with Gasteiger partial charge in [-0.2, -0.15) is 0 Å². The maximum Gasteiger partial charge on any atom is 0.161 e. The lowest BCUT2D eigenvalue weighted by Crippen LogP contribution is -2.20. The van der Waals surface area contributed by atoms with Gasteiger partial charge < -0.3 is 9.47 Å². The second-order valence-corrected chi connectivity index (χ2v) is 9.68. The van der Waals surface area contributed by atoms with E-state index >= 15 is 0 Å². The van der Waals surface area contributed by atoms with E-state index in [0.717, 1.165) is 20.4 Å². The molecule has 0 amide bonds. The van der Waals surface area contributed by atoms with Gasteiger partial charge in [0.25, 0.3) is 0 Å². The summed E-state index contributed by atoms with van der Waals surface area (Å²) < 4.78 is 13.2. The van der Waals surface area contributed by atoms with Gasteiger partial charge in [0, 0.05) is 20.8 Å². The maximum atomic E-state index is 5.53. The average molecular weight is 522 g/mol. The highest BCUT2D eigenvalue weighted by atomic mass is 79.9. The number of hydrogen-bond donors (Lipinski definition) is 0. The first kappa shape index (κ1) is 18.5. The molecule has 2 unspecified atom stereocenters. The summed E-state index contributed by atoms with van der Waals surface area (Å²) in [4.78, 5) is 0. The Kier molecular flexibility index (Phi) is 4.06. The summed E-state index contributed by atoms with van der Waals surface area (Å²) in [7, 11) is 3.37. The van der Waals surface area contributed by atoms with Crippen LogP contribution >= 0.6 is 31.9 Å². The standard InChI is InChI=1S/C26H18Br2O2/c1-29-25-11-15-7-21-17-3-4-18(22(21)8-16(15)12-26(25)30-2)20-6-14-10-24(28)23(27)9-13(14)5-19(17)20/h3-12,17-18H,1-2H3. The lowest BCUT2D eigenvalue weighted by Gasteiger charge is -2.37. The van der Waals surface area contributed by atoms with E-state index in [4.69, 9.17) is 9.47 Å². The SMILES string of the molecule is COc1cc2cc3c(cc2cc1OC)C1C=CC3c2cc3cc(Br)c(Br)cc3cc21. The van der Waals surface area contributed by atoms with Gasteiger partial charge in [-0.1, -0.05) is 12.2 Å². The summed E-state index contributed by atoms with van der Waals surface area (Å²) in [6.45, 7) is 0. The first-order chi connectivity index (χ1) is 14.6. The van der Waals surface area contributed by atoms with Crippen LogP contribution in [0.3, 0.4) is 0 Å². The Bertz CT molecular complexity index is 1300. The molecule has 0 aliphatic heterocycles. The quantitative estimate of drug-likeness (QED) is 0.252. The van der Waals surface area contributed by atoms with Gasteiger partial charge in [-0.25, -0.2) is 0 Å². The van der Waals surface area contributed by atoms with E-state index < -0.39 is 0 Å². The zero-order valence-electron chi connectivity index (χ0n) is 16.5. The minimum absolute atomic E-state index is 0.282. The van der Waals surface area contributed by atoms with Gasteiger partial charge in [-0.3, -0.25) is 0 Å². The minimum atomic E-state index is 0.282. The third-order valence-electron chi connectivity index (χ3n) is 6.46. The van der Waals surface area contributed by atoms with Gasteiger partial charge in [0.1, 0.15) is 0 Å². The van der Waals surface area contributed by atoms with Gasteiger partial charge in [0.15, 0.2) is 11.5 Å². The van der Waals surface area contributed by atoms with Crippen LogP contribution < -0.4 is 9.47 Å². The fourth-order valence-corrected chi connectivity index (χ4v) is 5.76. The number of hydrogen-bond acceptors (Lipinski definition) is 2. The number of ether oxygens (including phenoxy) is 2. The van der Waals surface area contributed by atoms with Crippen molar-refractivity contribution in [1.29, 1.82) is 0 Å². The highest BCUT2D eigenvalue weighted by Gasteiger charge is 2.34. The van der Waals surface area contributed by atoms with Crippen molar-refractivity contribution in [2.24, 2.45) is 0 Å². The van der Waals surface area contributed by atoms with E-state index in [-0.39, 0.29) is 11.8 Å². The second-order valence-electron chi connectivity index (χ2n) is 7.97. The van der Waals surface area contributed by atoms with Crippen molar-refractivity contribution in [3.63, 3.8) is 0 Å². The molecule has 7 rings (SSSR count). The van der Waals surface area contributed by atoms with Crippen molar-refractivity contribution in [3.8, 4) is 11.5 Å². The zero-order chi connectivity index (χ0) is 20.6. The van der Waals surface area contributed by atoms with E-state index in [2.05, 4.69) is 92.5 Å². The number of rotatable bonds is 2. The van der Waals surface area contributed by atoms with Gasteiger partial charge in [-0.05, 0) is 124 Å². The van der Waals surface area contributed by atoms with Crippen molar-refractivity contribution < 1.29 is 9.47 Å². The van der Waals surface area contributed by atoms with Crippen LogP contribution in [0.5, 0.6) is 11.5 Å². The molecule has 4 aromatic carbocycles.